The zero-order chi connectivity index (χ0) is 22.6. The Balaban J connectivity index is 1.64. The fourth-order valence-corrected chi connectivity index (χ4v) is 8.61. The number of carbonyl (C=O) groups excluding carboxylic acids is 2. The molecule has 8 atom stereocenters. The second-order valence-electron chi connectivity index (χ2n) is 11.6. The van der Waals surface area contributed by atoms with E-state index in [0.717, 1.165) is 5.57 Å². The lowest BCUT2D eigenvalue weighted by molar-refractivity contribution is -0.206. The van der Waals surface area contributed by atoms with Crippen LogP contribution >= 0.6 is 0 Å². The number of aliphatic hydroxyl groups is 2. The van der Waals surface area contributed by atoms with Crippen LogP contribution in [0, 0.1) is 28.1 Å². The molecule has 0 spiro atoms. The maximum atomic E-state index is 17.2. The molecule has 5 rings (SSSR count). The minimum absolute atomic E-state index is 0.136. The number of ether oxygens (including phenoxy) is 1. The van der Waals surface area contributed by atoms with E-state index in [1.807, 2.05) is 20.8 Å². The topological polar surface area (TPSA) is 83.8 Å². The first-order valence-electron chi connectivity index (χ1n) is 11.5. The smallest absolute Gasteiger partial charge is 0.178 e. The number of aliphatic hydroxyl groups excluding tert-OH is 2. The van der Waals surface area contributed by atoms with E-state index >= 15 is 4.39 Å². The molecule has 0 aromatic rings. The van der Waals surface area contributed by atoms with Gasteiger partial charge in [-0.15, -0.1) is 0 Å². The molecule has 3 saturated carbocycles. The number of halogens is 1. The van der Waals surface area contributed by atoms with E-state index in [9.17, 15) is 19.8 Å². The highest BCUT2D eigenvalue weighted by atomic mass is 19.1. The van der Waals surface area contributed by atoms with E-state index in [1.54, 1.807) is 13.0 Å². The molecule has 0 aromatic heterocycles. The molecule has 6 heteroatoms. The van der Waals surface area contributed by atoms with Crippen molar-refractivity contribution in [3.8, 4) is 0 Å². The molecule has 170 valence electrons. The normalized spacial score (nSPS) is 52.1. The molecular formula is C25H33FO5. The highest BCUT2D eigenvalue weighted by Gasteiger charge is 2.78. The molecule has 0 radical (unpaired) electrons. The molecule has 0 bridgehead atoms. The number of alkyl halides is 1. The molecule has 2 N–H and O–H groups in total. The summed E-state index contributed by atoms with van der Waals surface area (Å²) in [5, 5.41) is 21.3. The van der Waals surface area contributed by atoms with Crippen LogP contribution in [0.1, 0.15) is 59.8 Å². The summed E-state index contributed by atoms with van der Waals surface area (Å²) in [5.41, 5.74) is -4.32. The van der Waals surface area contributed by atoms with Gasteiger partial charge in [0.05, 0.1) is 23.2 Å². The van der Waals surface area contributed by atoms with Crippen LogP contribution < -0.4 is 0 Å². The standard InChI is InChI=1S/C25H33FO5/c1-21(2)13-24(19(30)12-27)20(31-21)10-17-16-6-5-14-9-15(28)7-8-22(14,3)25(16,26)18(29)11-23(17,24)4/h7-9,16-18,20,27,29H,5-6,10-13H2,1-4H3/t16-,17-,18-,20+,22-,23-,24-,25-/m0/s1. The Kier molecular flexibility index (Phi) is 4.26. The minimum atomic E-state index is -1.92. The minimum Gasteiger partial charge on any atom is -0.390 e. The summed E-state index contributed by atoms with van der Waals surface area (Å²) in [6.07, 6.45) is 5.19. The van der Waals surface area contributed by atoms with E-state index in [4.69, 9.17) is 4.74 Å². The lowest BCUT2D eigenvalue weighted by Gasteiger charge is -2.63. The molecule has 0 aromatic carbocycles. The van der Waals surface area contributed by atoms with Crippen molar-refractivity contribution in [3.63, 3.8) is 0 Å². The zero-order valence-corrected chi connectivity index (χ0v) is 18.8. The summed E-state index contributed by atoms with van der Waals surface area (Å²) >= 11 is 0. The van der Waals surface area contributed by atoms with Crippen molar-refractivity contribution in [2.45, 2.75) is 83.3 Å². The van der Waals surface area contributed by atoms with Gasteiger partial charge in [0, 0.05) is 11.3 Å². The van der Waals surface area contributed by atoms with Crippen LogP contribution in [0.3, 0.4) is 0 Å². The Morgan fingerprint density at radius 2 is 1.97 bits per heavy atom. The van der Waals surface area contributed by atoms with Crippen molar-refractivity contribution in [1.29, 1.82) is 0 Å². The molecule has 1 heterocycles. The lowest BCUT2D eigenvalue weighted by Crippen LogP contribution is -2.68. The van der Waals surface area contributed by atoms with Gasteiger partial charge < -0.3 is 14.9 Å². The van der Waals surface area contributed by atoms with E-state index in [1.165, 1.54) is 12.2 Å². The molecule has 1 saturated heterocycles. The van der Waals surface area contributed by atoms with Crippen LogP contribution in [-0.4, -0.2) is 51.9 Å². The highest BCUT2D eigenvalue weighted by molar-refractivity contribution is 6.01. The van der Waals surface area contributed by atoms with E-state index in [0.29, 0.717) is 25.7 Å². The number of Topliss-reactive ketones (excluding diaryl/α,β-unsaturated/α-hetero) is 1. The van der Waals surface area contributed by atoms with Gasteiger partial charge >= 0.3 is 0 Å². The van der Waals surface area contributed by atoms with Gasteiger partial charge in [0.25, 0.3) is 0 Å². The van der Waals surface area contributed by atoms with E-state index in [-0.39, 0.29) is 30.0 Å². The van der Waals surface area contributed by atoms with Gasteiger partial charge in [0.2, 0.25) is 0 Å². The molecule has 0 amide bonds. The van der Waals surface area contributed by atoms with Crippen molar-refractivity contribution < 1.29 is 28.9 Å². The Morgan fingerprint density at radius 1 is 1.26 bits per heavy atom. The average molecular weight is 433 g/mol. The fraction of sp³-hybridized carbons (Fsp3) is 0.760. The fourth-order valence-electron chi connectivity index (χ4n) is 8.61. The quantitative estimate of drug-likeness (QED) is 0.701. The number of allylic oxidation sites excluding steroid dienone is 4. The van der Waals surface area contributed by atoms with Crippen LogP contribution in [-0.2, 0) is 14.3 Å². The van der Waals surface area contributed by atoms with Crippen molar-refractivity contribution in [1.82, 2.24) is 0 Å². The van der Waals surface area contributed by atoms with Crippen molar-refractivity contribution in [2.24, 2.45) is 28.1 Å². The number of carbonyl (C=O) groups is 2. The van der Waals surface area contributed by atoms with E-state index < -0.39 is 46.1 Å². The molecule has 31 heavy (non-hydrogen) atoms. The molecule has 5 aliphatic rings. The maximum Gasteiger partial charge on any atom is 0.178 e. The van der Waals surface area contributed by atoms with Gasteiger partial charge in [0.1, 0.15) is 6.61 Å². The van der Waals surface area contributed by atoms with Crippen molar-refractivity contribution in [3.05, 3.63) is 23.8 Å². The van der Waals surface area contributed by atoms with Crippen molar-refractivity contribution in [2.75, 3.05) is 6.61 Å². The Hall–Kier alpha value is -1.37. The van der Waals surface area contributed by atoms with Gasteiger partial charge in [0.15, 0.2) is 17.2 Å². The Morgan fingerprint density at radius 3 is 2.65 bits per heavy atom. The number of ketones is 2. The van der Waals surface area contributed by atoms with Gasteiger partial charge in [-0.2, -0.15) is 0 Å². The monoisotopic (exact) mass is 432 g/mol. The summed E-state index contributed by atoms with van der Waals surface area (Å²) < 4.78 is 23.5. The van der Waals surface area contributed by atoms with Gasteiger partial charge in [-0.1, -0.05) is 18.6 Å². The van der Waals surface area contributed by atoms with Gasteiger partial charge in [-0.3, -0.25) is 9.59 Å². The number of fused-ring (bicyclic) bond motifs is 7. The molecule has 4 aliphatic carbocycles. The summed E-state index contributed by atoms with van der Waals surface area (Å²) in [6, 6.07) is 0. The third kappa shape index (κ3) is 2.32. The number of hydrogen-bond donors (Lipinski definition) is 2. The average Bonchev–Trinajstić information content (AvgIpc) is 3.09. The maximum absolute atomic E-state index is 17.2. The van der Waals surface area contributed by atoms with Crippen LogP contribution in [0.5, 0.6) is 0 Å². The summed E-state index contributed by atoms with van der Waals surface area (Å²) in [5.74, 6) is -0.996. The lowest BCUT2D eigenvalue weighted by atomic mass is 9.43. The third-order valence-corrected chi connectivity index (χ3v) is 9.87. The molecule has 1 aliphatic heterocycles. The second kappa shape index (κ2) is 6.15. The first-order chi connectivity index (χ1) is 14.4. The predicted molar refractivity (Wildman–Crippen MR) is 112 cm³/mol. The molecule has 5 nitrogen and oxygen atoms in total. The van der Waals surface area contributed by atoms with Crippen LogP contribution in [0.15, 0.2) is 23.8 Å². The first-order valence-corrected chi connectivity index (χ1v) is 11.5. The molecular weight excluding hydrogens is 399 g/mol. The van der Waals surface area contributed by atoms with Crippen LogP contribution in [0.4, 0.5) is 4.39 Å². The third-order valence-electron chi connectivity index (χ3n) is 9.87. The first kappa shape index (κ1) is 21.5. The number of hydrogen-bond acceptors (Lipinski definition) is 5. The molecule has 4 fully saturated rings. The summed E-state index contributed by atoms with van der Waals surface area (Å²) in [4.78, 5) is 25.2. The Bertz CT molecular complexity index is 923. The predicted octanol–water partition coefficient (Wildman–Crippen LogP) is 3.08. The Labute approximate surface area is 182 Å². The van der Waals surface area contributed by atoms with Crippen molar-refractivity contribution >= 4 is 11.6 Å². The summed E-state index contributed by atoms with van der Waals surface area (Å²) in [6.45, 7) is 7.14. The second-order valence-corrected chi connectivity index (χ2v) is 11.6. The van der Waals surface area contributed by atoms with E-state index in [2.05, 4.69) is 0 Å². The largest absolute Gasteiger partial charge is 0.390 e. The van der Waals surface area contributed by atoms with Crippen LogP contribution in [0.2, 0.25) is 0 Å². The number of rotatable bonds is 2. The SMILES string of the molecule is CC1(C)C[C@]2(C(=O)CO)[C@@H](C[C@H]3[C@@H]4CCC5=CC(=O)C=C[C@]5(C)[C@@]4(F)[C@@H](O)C[C@@]32C)O1. The summed E-state index contributed by atoms with van der Waals surface area (Å²) in [7, 11) is 0. The molecule has 0 unspecified atom stereocenters. The van der Waals surface area contributed by atoms with Gasteiger partial charge in [-0.05, 0) is 76.4 Å². The van der Waals surface area contributed by atoms with Gasteiger partial charge in [-0.25, -0.2) is 4.39 Å². The van der Waals surface area contributed by atoms with Crippen LogP contribution in [0.25, 0.3) is 0 Å². The zero-order valence-electron chi connectivity index (χ0n) is 18.8. The highest BCUT2D eigenvalue weighted by Crippen LogP contribution is 2.75.